The second-order valence-corrected chi connectivity index (χ2v) is 9.65. The molecule has 0 aliphatic carbocycles. The smallest absolute Gasteiger partial charge is 0.261 e. The number of amides is 1. The summed E-state index contributed by atoms with van der Waals surface area (Å²) in [7, 11) is -3.74. The molecule has 0 fully saturated rings. The van der Waals surface area contributed by atoms with Crippen molar-refractivity contribution in [2.45, 2.75) is 38.1 Å². The van der Waals surface area contributed by atoms with Crippen molar-refractivity contribution in [2.75, 3.05) is 4.72 Å². The van der Waals surface area contributed by atoms with Gasteiger partial charge in [0.05, 0.1) is 16.6 Å². The zero-order chi connectivity index (χ0) is 22.4. The predicted molar refractivity (Wildman–Crippen MR) is 125 cm³/mol. The van der Waals surface area contributed by atoms with E-state index in [1.54, 1.807) is 43.3 Å². The van der Waals surface area contributed by atoms with E-state index in [4.69, 9.17) is 0 Å². The predicted octanol–water partition coefficient (Wildman–Crippen LogP) is 5.31. The molecule has 1 amide bonds. The first kappa shape index (κ1) is 22.6. The number of sulfonamides is 1. The Morgan fingerprint density at radius 1 is 0.871 bits per heavy atom. The highest BCUT2D eigenvalue weighted by Crippen LogP contribution is 2.25. The monoisotopic (exact) mass is 436 g/mol. The maximum absolute atomic E-state index is 13.1. The summed E-state index contributed by atoms with van der Waals surface area (Å²) >= 11 is 0. The zero-order valence-electron chi connectivity index (χ0n) is 18.0. The van der Waals surface area contributed by atoms with Crippen LogP contribution in [0.4, 0.5) is 5.69 Å². The number of hydrogen-bond donors (Lipinski definition) is 2. The summed E-state index contributed by atoms with van der Waals surface area (Å²) in [6.07, 6.45) is 0.801. The van der Waals surface area contributed by atoms with Crippen molar-refractivity contribution in [2.24, 2.45) is 5.92 Å². The van der Waals surface area contributed by atoms with Gasteiger partial charge in [0.25, 0.3) is 15.9 Å². The number of carbonyl (C=O) groups excluding carboxylic acids is 1. The van der Waals surface area contributed by atoms with Crippen molar-refractivity contribution >= 4 is 21.6 Å². The van der Waals surface area contributed by atoms with Gasteiger partial charge in [0.15, 0.2) is 0 Å². The maximum Gasteiger partial charge on any atom is 0.261 e. The molecule has 1 atom stereocenters. The average molecular weight is 437 g/mol. The van der Waals surface area contributed by atoms with Gasteiger partial charge in [0.2, 0.25) is 0 Å². The highest BCUT2D eigenvalue weighted by atomic mass is 32.2. The van der Waals surface area contributed by atoms with E-state index in [1.165, 1.54) is 12.1 Å². The van der Waals surface area contributed by atoms with Crippen LogP contribution in [0.3, 0.4) is 0 Å². The third kappa shape index (κ3) is 5.73. The van der Waals surface area contributed by atoms with E-state index in [1.807, 2.05) is 30.3 Å². The molecule has 5 nitrogen and oxygen atoms in total. The van der Waals surface area contributed by atoms with Gasteiger partial charge in [-0.2, -0.15) is 0 Å². The zero-order valence-corrected chi connectivity index (χ0v) is 18.8. The molecule has 0 saturated carbocycles. The van der Waals surface area contributed by atoms with Crippen LogP contribution in [-0.2, 0) is 10.0 Å². The van der Waals surface area contributed by atoms with Crippen LogP contribution >= 0.6 is 0 Å². The van der Waals surface area contributed by atoms with Crippen molar-refractivity contribution in [3.05, 3.63) is 95.6 Å². The van der Waals surface area contributed by atoms with Crippen LogP contribution in [0.2, 0.25) is 0 Å². The van der Waals surface area contributed by atoms with Gasteiger partial charge < -0.3 is 5.32 Å². The second kappa shape index (κ2) is 9.79. The fourth-order valence-electron chi connectivity index (χ4n) is 3.47. The minimum Gasteiger partial charge on any atom is -0.345 e. The first-order chi connectivity index (χ1) is 14.8. The summed E-state index contributed by atoms with van der Waals surface area (Å²) in [6, 6.07) is 23.0. The molecule has 31 heavy (non-hydrogen) atoms. The first-order valence-corrected chi connectivity index (χ1v) is 11.8. The Morgan fingerprint density at radius 2 is 1.48 bits per heavy atom. The largest absolute Gasteiger partial charge is 0.345 e. The Morgan fingerprint density at radius 3 is 2.10 bits per heavy atom. The Balaban J connectivity index is 1.85. The van der Waals surface area contributed by atoms with Gasteiger partial charge >= 0.3 is 0 Å². The van der Waals surface area contributed by atoms with E-state index < -0.39 is 10.0 Å². The molecule has 0 aliphatic rings. The maximum atomic E-state index is 13.1. The molecule has 3 aromatic rings. The van der Waals surface area contributed by atoms with Crippen LogP contribution in [0.15, 0.2) is 83.8 Å². The van der Waals surface area contributed by atoms with Crippen molar-refractivity contribution < 1.29 is 13.2 Å². The number of rotatable bonds is 8. The van der Waals surface area contributed by atoms with Gasteiger partial charge in [0, 0.05) is 5.56 Å². The van der Waals surface area contributed by atoms with E-state index in [-0.39, 0.29) is 16.8 Å². The molecule has 0 radical (unpaired) electrons. The van der Waals surface area contributed by atoms with Crippen LogP contribution < -0.4 is 10.0 Å². The van der Waals surface area contributed by atoms with Gasteiger partial charge in [-0.15, -0.1) is 0 Å². The van der Waals surface area contributed by atoms with Crippen LogP contribution in [0, 0.1) is 12.8 Å². The number of hydrogen-bond acceptors (Lipinski definition) is 3. The minimum absolute atomic E-state index is 0.127. The van der Waals surface area contributed by atoms with Crippen LogP contribution in [0.5, 0.6) is 0 Å². The number of nitrogens with one attached hydrogen (secondary N) is 2. The lowest BCUT2D eigenvalue weighted by atomic mass is 9.96. The number of benzene rings is 3. The summed E-state index contributed by atoms with van der Waals surface area (Å²) < 4.78 is 28.0. The van der Waals surface area contributed by atoms with Crippen LogP contribution in [0.1, 0.15) is 47.8 Å². The third-order valence-corrected chi connectivity index (χ3v) is 6.47. The highest BCUT2D eigenvalue weighted by Gasteiger charge is 2.21. The molecule has 3 rings (SSSR count). The highest BCUT2D eigenvalue weighted by molar-refractivity contribution is 7.92. The van der Waals surface area contributed by atoms with E-state index in [0.717, 1.165) is 12.0 Å². The summed E-state index contributed by atoms with van der Waals surface area (Å²) in [6.45, 7) is 5.98. The standard InChI is InChI=1S/C25H28N2O3S/c1-18(2)17-24(20-11-6-4-7-12-20)26-25(28)22-15-10-16-23(19(22)3)27-31(29,30)21-13-8-5-9-14-21/h4-16,18,24,27H,17H2,1-3H3,(H,26,28)/t24-/m1/s1. The summed E-state index contributed by atoms with van der Waals surface area (Å²) in [5, 5.41) is 3.13. The average Bonchev–Trinajstić information content (AvgIpc) is 2.75. The van der Waals surface area contributed by atoms with E-state index in [9.17, 15) is 13.2 Å². The van der Waals surface area contributed by atoms with E-state index in [2.05, 4.69) is 23.9 Å². The number of anilines is 1. The number of carbonyl (C=O) groups is 1. The SMILES string of the molecule is Cc1c(NS(=O)(=O)c2ccccc2)cccc1C(=O)N[C@H](CC(C)C)c1ccccc1. The first-order valence-electron chi connectivity index (χ1n) is 10.3. The minimum atomic E-state index is -3.74. The third-order valence-electron chi connectivity index (χ3n) is 5.09. The lowest BCUT2D eigenvalue weighted by Gasteiger charge is -2.22. The molecule has 0 aliphatic heterocycles. The fraction of sp³-hybridized carbons (Fsp3) is 0.240. The van der Waals surface area contributed by atoms with Gasteiger partial charge in [-0.25, -0.2) is 8.42 Å². The van der Waals surface area contributed by atoms with Gasteiger partial charge in [-0.05, 0) is 54.7 Å². The van der Waals surface area contributed by atoms with Crippen molar-refractivity contribution in [3.63, 3.8) is 0 Å². The molecular formula is C25H28N2O3S. The summed E-state index contributed by atoms with van der Waals surface area (Å²) in [4.78, 5) is 13.3. The quantitative estimate of drug-likeness (QED) is 0.502. The van der Waals surface area contributed by atoms with Gasteiger partial charge in [0.1, 0.15) is 0 Å². The van der Waals surface area contributed by atoms with E-state index in [0.29, 0.717) is 22.7 Å². The Hall–Kier alpha value is -3.12. The van der Waals surface area contributed by atoms with Crippen molar-refractivity contribution in [1.82, 2.24) is 5.32 Å². The van der Waals surface area contributed by atoms with Gasteiger partial charge in [-0.1, -0.05) is 68.4 Å². The molecule has 0 saturated heterocycles. The van der Waals surface area contributed by atoms with Gasteiger partial charge in [-0.3, -0.25) is 9.52 Å². The lowest BCUT2D eigenvalue weighted by Crippen LogP contribution is -2.30. The Kier molecular flexibility index (Phi) is 7.13. The topological polar surface area (TPSA) is 75.3 Å². The molecule has 0 spiro atoms. The summed E-state index contributed by atoms with van der Waals surface area (Å²) in [5.41, 5.74) is 2.45. The van der Waals surface area contributed by atoms with E-state index >= 15 is 0 Å². The molecule has 0 heterocycles. The molecule has 6 heteroatoms. The molecule has 162 valence electrons. The lowest BCUT2D eigenvalue weighted by molar-refractivity contribution is 0.0931. The van der Waals surface area contributed by atoms with Crippen LogP contribution in [-0.4, -0.2) is 14.3 Å². The molecular weight excluding hydrogens is 408 g/mol. The molecule has 0 unspecified atom stereocenters. The van der Waals surface area contributed by atoms with Crippen molar-refractivity contribution in [1.29, 1.82) is 0 Å². The normalized spacial score (nSPS) is 12.4. The molecule has 3 aromatic carbocycles. The fourth-order valence-corrected chi connectivity index (χ4v) is 4.61. The Labute approximate surface area is 184 Å². The molecule has 0 aromatic heterocycles. The second-order valence-electron chi connectivity index (χ2n) is 7.96. The van der Waals surface area contributed by atoms with Crippen molar-refractivity contribution in [3.8, 4) is 0 Å². The summed E-state index contributed by atoms with van der Waals surface area (Å²) in [5.74, 6) is 0.170. The van der Waals surface area contributed by atoms with Crippen LogP contribution in [0.25, 0.3) is 0 Å². The Bertz CT molecular complexity index is 1130. The molecule has 0 bridgehead atoms. The molecule has 2 N–H and O–H groups in total.